The molecule has 0 amide bonds. The van der Waals surface area contributed by atoms with Crippen LogP contribution in [0, 0.1) is 12.8 Å². The van der Waals surface area contributed by atoms with Crippen molar-refractivity contribution in [2.24, 2.45) is 5.92 Å². The predicted octanol–water partition coefficient (Wildman–Crippen LogP) is 5.00. The molecule has 84 valence electrons. The molecule has 1 aromatic rings. The van der Waals surface area contributed by atoms with Crippen LogP contribution in [0.1, 0.15) is 31.4 Å². The molecule has 0 radical (unpaired) electrons. The van der Waals surface area contributed by atoms with Gasteiger partial charge in [-0.2, -0.15) is 0 Å². The highest BCUT2D eigenvalue weighted by atomic mass is 79.9. The molecule has 0 heterocycles. The van der Waals surface area contributed by atoms with Crippen molar-refractivity contribution >= 4 is 27.5 Å². The summed E-state index contributed by atoms with van der Waals surface area (Å²) in [5.41, 5.74) is 2.48. The minimum absolute atomic E-state index is 0.579. The predicted molar refractivity (Wildman–Crippen MR) is 72.1 cm³/mol. The Kier molecular flexibility index (Phi) is 5.14. The van der Waals surface area contributed by atoms with Crippen LogP contribution in [0.15, 0.2) is 18.2 Å². The van der Waals surface area contributed by atoms with E-state index in [0.717, 1.165) is 17.9 Å². The molecule has 0 aliphatic heterocycles. The summed E-state index contributed by atoms with van der Waals surface area (Å²) in [5.74, 6) is 0.621. The van der Waals surface area contributed by atoms with Crippen LogP contribution in [0.2, 0.25) is 5.02 Å². The van der Waals surface area contributed by atoms with E-state index in [1.165, 1.54) is 11.1 Å². The topological polar surface area (TPSA) is 0 Å². The molecule has 0 nitrogen and oxygen atoms in total. The van der Waals surface area contributed by atoms with Gasteiger partial charge in [0.05, 0.1) is 0 Å². The van der Waals surface area contributed by atoms with Gasteiger partial charge in [0, 0.05) is 9.85 Å². The second-order valence-corrected chi connectivity index (χ2v) is 5.78. The molecular weight excluding hydrogens is 272 g/mol. The summed E-state index contributed by atoms with van der Waals surface area (Å²) in [4.78, 5) is 0.579. The Morgan fingerprint density at radius 1 is 1.40 bits per heavy atom. The fourth-order valence-corrected chi connectivity index (χ4v) is 2.19. The normalized spacial score (nSPS) is 15.0. The van der Waals surface area contributed by atoms with Crippen molar-refractivity contribution in [1.82, 2.24) is 0 Å². The highest BCUT2D eigenvalue weighted by molar-refractivity contribution is 9.09. The fraction of sp³-hybridized carbons (Fsp3) is 0.538. The van der Waals surface area contributed by atoms with Crippen LogP contribution < -0.4 is 0 Å². The van der Waals surface area contributed by atoms with Crippen molar-refractivity contribution < 1.29 is 0 Å². The third kappa shape index (κ3) is 3.81. The highest BCUT2D eigenvalue weighted by Gasteiger charge is 2.13. The minimum atomic E-state index is 0.579. The van der Waals surface area contributed by atoms with E-state index in [1.807, 2.05) is 6.07 Å². The lowest BCUT2D eigenvalue weighted by Gasteiger charge is -2.17. The van der Waals surface area contributed by atoms with Gasteiger partial charge in [-0.05, 0) is 42.9 Å². The van der Waals surface area contributed by atoms with E-state index in [0.29, 0.717) is 10.7 Å². The van der Waals surface area contributed by atoms with Crippen molar-refractivity contribution in [3.8, 4) is 0 Å². The Morgan fingerprint density at radius 2 is 2.07 bits per heavy atom. The van der Waals surface area contributed by atoms with Crippen molar-refractivity contribution in [2.75, 3.05) is 0 Å². The van der Waals surface area contributed by atoms with E-state index >= 15 is 0 Å². The molecule has 1 rings (SSSR count). The summed E-state index contributed by atoms with van der Waals surface area (Å²) >= 11 is 9.90. The van der Waals surface area contributed by atoms with Gasteiger partial charge in [-0.1, -0.05) is 53.5 Å². The third-order valence-corrected chi connectivity index (χ3v) is 4.66. The fourth-order valence-electron chi connectivity index (χ4n) is 1.70. The maximum Gasteiger partial charge on any atom is 0.0440 e. The average Bonchev–Trinajstić information content (AvgIpc) is 2.20. The monoisotopic (exact) mass is 288 g/mol. The van der Waals surface area contributed by atoms with E-state index in [4.69, 9.17) is 11.6 Å². The molecule has 15 heavy (non-hydrogen) atoms. The Bertz CT molecular complexity index is 322. The molecule has 2 heteroatoms. The summed E-state index contributed by atoms with van der Waals surface area (Å²) in [6, 6.07) is 6.31. The Hall–Kier alpha value is -0.0100. The van der Waals surface area contributed by atoms with Crippen LogP contribution in [0.4, 0.5) is 0 Å². The van der Waals surface area contributed by atoms with Gasteiger partial charge in [-0.25, -0.2) is 0 Å². The SMILES string of the molecule is CCC(Br)C(C)Cc1ccc(C)cc1Cl. The summed E-state index contributed by atoms with van der Waals surface area (Å²) in [6.45, 7) is 6.53. The van der Waals surface area contributed by atoms with Crippen molar-refractivity contribution in [2.45, 2.75) is 38.4 Å². The van der Waals surface area contributed by atoms with Crippen LogP contribution in [0.5, 0.6) is 0 Å². The Labute approximate surface area is 106 Å². The number of hydrogen-bond acceptors (Lipinski definition) is 0. The molecule has 0 spiro atoms. The van der Waals surface area contributed by atoms with Crippen molar-refractivity contribution in [3.63, 3.8) is 0 Å². The number of rotatable bonds is 4. The first-order valence-electron chi connectivity index (χ1n) is 5.43. The molecule has 1 aromatic carbocycles. The van der Waals surface area contributed by atoms with E-state index in [1.54, 1.807) is 0 Å². The summed E-state index contributed by atoms with van der Waals surface area (Å²) < 4.78 is 0. The first-order valence-corrected chi connectivity index (χ1v) is 6.73. The van der Waals surface area contributed by atoms with Crippen LogP contribution in [-0.4, -0.2) is 4.83 Å². The standard InChI is InChI=1S/C13H18BrCl/c1-4-12(14)10(3)8-11-6-5-9(2)7-13(11)15/h5-7,10,12H,4,8H2,1-3H3. The Morgan fingerprint density at radius 3 is 2.60 bits per heavy atom. The first-order chi connectivity index (χ1) is 7.04. The van der Waals surface area contributed by atoms with E-state index in [9.17, 15) is 0 Å². The summed E-state index contributed by atoms with van der Waals surface area (Å²) in [6.07, 6.45) is 2.20. The number of benzene rings is 1. The Balaban J connectivity index is 2.72. The van der Waals surface area contributed by atoms with E-state index in [-0.39, 0.29) is 0 Å². The summed E-state index contributed by atoms with van der Waals surface area (Å²) in [7, 11) is 0. The zero-order chi connectivity index (χ0) is 11.4. The number of halogens is 2. The first kappa shape index (κ1) is 13.1. The second kappa shape index (κ2) is 5.91. The molecule has 0 saturated carbocycles. The maximum atomic E-state index is 6.21. The molecule has 0 bridgehead atoms. The lowest BCUT2D eigenvalue weighted by molar-refractivity contribution is 0.545. The van der Waals surface area contributed by atoms with Gasteiger partial charge < -0.3 is 0 Å². The van der Waals surface area contributed by atoms with Gasteiger partial charge in [0.1, 0.15) is 0 Å². The third-order valence-electron chi connectivity index (χ3n) is 2.76. The molecule has 0 aromatic heterocycles. The average molecular weight is 290 g/mol. The number of alkyl halides is 1. The molecule has 0 fully saturated rings. The van der Waals surface area contributed by atoms with Gasteiger partial charge in [0.15, 0.2) is 0 Å². The largest absolute Gasteiger partial charge is 0.0888 e. The van der Waals surface area contributed by atoms with Gasteiger partial charge in [-0.15, -0.1) is 0 Å². The van der Waals surface area contributed by atoms with Crippen molar-refractivity contribution in [1.29, 1.82) is 0 Å². The van der Waals surface area contributed by atoms with Gasteiger partial charge in [0.25, 0.3) is 0 Å². The maximum absolute atomic E-state index is 6.21. The minimum Gasteiger partial charge on any atom is -0.0888 e. The quantitative estimate of drug-likeness (QED) is 0.684. The zero-order valence-corrected chi connectivity index (χ0v) is 11.9. The number of hydrogen-bond donors (Lipinski definition) is 0. The summed E-state index contributed by atoms with van der Waals surface area (Å²) in [5, 5.41) is 0.901. The number of aryl methyl sites for hydroxylation is 1. The zero-order valence-electron chi connectivity index (χ0n) is 9.56. The molecule has 0 aliphatic carbocycles. The van der Waals surface area contributed by atoms with Crippen LogP contribution in [0.25, 0.3) is 0 Å². The van der Waals surface area contributed by atoms with Gasteiger partial charge in [-0.3, -0.25) is 0 Å². The van der Waals surface area contributed by atoms with E-state index < -0.39 is 0 Å². The molecule has 0 aliphatic rings. The molecule has 0 N–H and O–H groups in total. The highest BCUT2D eigenvalue weighted by Crippen LogP contribution is 2.25. The molecule has 2 unspecified atom stereocenters. The second-order valence-electron chi connectivity index (χ2n) is 4.20. The lowest BCUT2D eigenvalue weighted by Crippen LogP contribution is -2.12. The lowest BCUT2D eigenvalue weighted by atomic mass is 9.96. The molecule has 0 saturated heterocycles. The van der Waals surface area contributed by atoms with Gasteiger partial charge >= 0.3 is 0 Å². The van der Waals surface area contributed by atoms with Crippen LogP contribution in [0.3, 0.4) is 0 Å². The van der Waals surface area contributed by atoms with E-state index in [2.05, 4.69) is 48.8 Å². The van der Waals surface area contributed by atoms with Crippen molar-refractivity contribution in [3.05, 3.63) is 34.3 Å². The molecular formula is C13H18BrCl. The smallest absolute Gasteiger partial charge is 0.0440 e. The molecule has 2 atom stereocenters. The van der Waals surface area contributed by atoms with Gasteiger partial charge in [0.2, 0.25) is 0 Å². The van der Waals surface area contributed by atoms with Crippen LogP contribution >= 0.6 is 27.5 Å². The van der Waals surface area contributed by atoms with Crippen LogP contribution in [-0.2, 0) is 6.42 Å².